The number of benzene rings is 2. The van der Waals surface area contributed by atoms with E-state index in [4.69, 9.17) is 0 Å². The van der Waals surface area contributed by atoms with Crippen molar-refractivity contribution in [1.29, 1.82) is 0 Å². The number of thiophene rings is 1. The molecule has 4 heteroatoms. The van der Waals surface area contributed by atoms with E-state index in [2.05, 4.69) is 77.7 Å². The first-order valence-electron chi connectivity index (χ1n) is 7.85. The monoisotopic (exact) mass is 331 g/mol. The van der Waals surface area contributed by atoms with Crippen LogP contribution in [0.5, 0.6) is 0 Å². The van der Waals surface area contributed by atoms with Crippen molar-refractivity contribution < 1.29 is 0 Å². The summed E-state index contributed by atoms with van der Waals surface area (Å²) >= 11 is 1.69. The van der Waals surface area contributed by atoms with Gasteiger partial charge in [0.1, 0.15) is 17.0 Å². The van der Waals surface area contributed by atoms with Gasteiger partial charge in [-0.25, -0.2) is 9.97 Å². The fourth-order valence-electron chi connectivity index (χ4n) is 2.71. The van der Waals surface area contributed by atoms with Gasteiger partial charge in [0.25, 0.3) is 0 Å². The Morgan fingerprint density at radius 2 is 1.75 bits per heavy atom. The minimum atomic E-state index is 0.854. The van der Waals surface area contributed by atoms with Crippen molar-refractivity contribution in [3.63, 3.8) is 0 Å². The van der Waals surface area contributed by atoms with Crippen molar-refractivity contribution >= 4 is 33.1 Å². The summed E-state index contributed by atoms with van der Waals surface area (Å²) in [5.74, 6) is 0.854. The molecule has 4 aromatic rings. The molecular weight excluding hydrogens is 314 g/mol. The van der Waals surface area contributed by atoms with E-state index in [1.165, 1.54) is 21.6 Å². The molecule has 118 valence electrons. The molecule has 0 saturated heterocycles. The Hall–Kier alpha value is -2.72. The summed E-state index contributed by atoms with van der Waals surface area (Å²) in [5, 5.41) is 4.53. The lowest BCUT2D eigenvalue weighted by Crippen LogP contribution is -1.97. The third-order valence-corrected chi connectivity index (χ3v) is 5.34. The van der Waals surface area contributed by atoms with Gasteiger partial charge in [0.05, 0.1) is 5.39 Å². The van der Waals surface area contributed by atoms with Crippen molar-refractivity contribution in [2.24, 2.45) is 0 Å². The Labute approximate surface area is 145 Å². The molecule has 0 atom stereocenters. The largest absolute Gasteiger partial charge is 0.339 e. The van der Waals surface area contributed by atoms with Crippen LogP contribution >= 0.6 is 11.3 Å². The summed E-state index contributed by atoms with van der Waals surface area (Å²) in [4.78, 5) is 11.1. The molecule has 0 amide bonds. The van der Waals surface area contributed by atoms with Gasteiger partial charge in [0, 0.05) is 10.6 Å². The second-order valence-corrected chi connectivity index (χ2v) is 6.82. The van der Waals surface area contributed by atoms with Crippen LogP contribution in [-0.4, -0.2) is 9.97 Å². The lowest BCUT2D eigenvalue weighted by Gasteiger charge is -2.11. The maximum absolute atomic E-state index is 4.46. The van der Waals surface area contributed by atoms with Gasteiger partial charge in [-0.05, 0) is 42.7 Å². The number of hydrogen-bond acceptors (Lipinski definition) is 4. The number of aromatic nitrogens is 2. The zero-order valence-corrected chi connectivity index (χ0v) is 14.4. The predicted octanol–water partition coefficient (Wildman–Crippen LogP) is 5.72. The summed E-state index contributed by atoms with van der Waals surface area (Å²) in [7, 11) is 0. The lowest BCUT2D eigenvalue weighted by molar-refractivity contribution is 1.22. The van der Waals surface area contributed by atoms with Crippen LogP contribution in [0.4, 0.5) is 11.5 Å². The molecule has 0 spiro atoms. The lowest BCUT2D eigenvalue weighted by atomic mass is 10.1. The van der Waals surface area contributed by atoms with E-state index in [0.29, 0.717) is 0 Å². The fraction of sp³-hybridized carbons (Fsp3) is 0.100. The summed E-state index contributed by atoms with van der Waals surface area (Å²) < 4.78 is 0. The second-order valence-electron chi connectivity index (χ2n) is 5.79. The zero-order valence-electron chi connectivity index (χ0n) is 13.6. The second kappa shape index (κ2) is 6.06. The molecular formula is C20H17N3S. The number of hydrogen-bond donors (Lipinski definition) is 1. The van der Waals surface area contributed by atoms with E-state index in [1.54, 1.807) is 17.7 Å². The van der Waals surface area contributed by atoms with Crippen LogP contribution in [0.1, 0.15) is 11.1 Å². The van der Waals surface area contributed by atoms with Gasteiger partial charge < -0.3 is 5.32 Å². The number of aryl methyl sites for hydroxylation is 1. The number of rotatable bonds is 3. The first-order chi connectivity index (χ1) is 11.7. The molecule has 2 aromatic heterocycles. The smallest absolute Gasteiger partial charge is 0.142 e. The number of fused-ring (bicyclic) bond motifs is 1. The molecule has 0 aliphatic carbocycles. The highest BCUT2D eigenvalue weighted by molar-refractivity contribution is 7.21. The number of nitrogens with zero attached hydrogens (tertiary/aromatic N) is 2. The van der Waals surface area contributed by atoms with Gasteiger partial charge in [0.2, 0.25) is 0 Å². The maximum Gasteiger partial charge on any atom is 0.142 e. The van der Waals surface area contributed by atoms with Crippen LogP contribution in [0, 0.1) is 13.8 Å². The van der Waals surface area contributed by atoms with E-state index >= 15 is 0 Å². The maximum atomic E-state index is 4.46. The highest BCUT2D eigenvalue weighted by Crippen LogP contribution is 2.36. The first kappa shape index (κ1) is 14.8. The van der Waals surface area contributed by atoms with Crippen molar-refractivity contribution in [3.05, 3.63) is 72.1 Å². The molecule has 4 rings (SSSR count). The van der Waals surface area contributed by atoms with Crippen molar-refractivity contribution in [1.82, 2.24) is 9.97 Å². The molecule has 2 heterocycles. The van der Waals surface area contributed by atoms with Gasteiger partial charge in [-0.3, -0.25) is 0 Å². The van der Waals surface area contributed by atoms with E-state index in [9.17, 15) is 0 Å². The standard InChI is InChI=1S/C20H17N3S/c1-13-7-6-10-17(14(13)2)23-19-16-11-18(15-8-4-3-5-9-15)24-20(16)22-12-21-19/h3-12H,1-2H3,(H,21,22,23). The van der Waals surface area contributed by atoms with Crippen LogP contribution in [0.15, 0.2) is 60.9 Å². The summed E-state index contributed by atoms with van der Waals surface area (Å²) in [6.45, 7) is 4.24. The minimum Gasteiger partial charge on any atom is -0.339 e. The average Bonchev–Trinajstić information content (AvgIpc) is 3.05. The van der Waals surface area contributed by atoms with Gasteiger partial charge in [0.15, 0.2) is 0 Å². The highest BCUT2D eigenvalue weighted by atomic mass is 32.1. The highest BCUT2D eigenvalue weighted by Gasteiger charge is 2.11. The van der Waals surface area contributed by atoms with Crippen LogP contribution in [-0.2, 0) is 0 Å². The van der Waals surface area contributed by atoms with Crippen molar-refractivity contribution in [2.45, 2.75) is 13.8 Å². The topological polar surface area (TPSA) is 37.8 Å². The van der Waals surface area contributed by atoms with E-state index < -0.39 is 0 Å². The summed E-state index contributed by atoms with van der Waals surface area (Å²) in [6, 6.07) is 18.8. The molecule has 0 aliphatic rings. The molecule has 2 aromatic carbocycles. The molecule has 1 N–H and O–H groups in total. The average molecular weight is 331 g/mol. The van der Waals surface area contributed by atoms with E-state index in [1.807, 2.05) is 6.07 Å². The number of anilines is 2. The molecule has 0 aliphatic heterocycles. The van der Waals surface area contributed by atoms with Crippen LogP contribution in [0.2, 0.25) is 0 Å². The van der Waals surface area contributed by atoms with Gasteiger partial charge in [-0.2, -0.15) is 0 Å². The molecule has 3 nitrogen and oxygen atoms in total. The molecule has 24 heavy (non-hydrogen) atoms. The summed E-state index contributed by atoms with van der Waals surface area (Å²) in [5.41, 5.74) is 4.80. The molecule has 0 bridgehead atoms. The van der Waals surface area contributed by atoms with Gasteiger partial charge in [-0.1, -0.05) is 42.5 Å². The molecule has 0 fully saturated rings. The Bertz CT molecular complexity index is 1010. The minimum absolute atomic E-state index is 0.854. The Kier molecular flexibility index (Phi) is 3.75. The Morgan fingerprint density at radius 1 is 0.917 bits per heavy atom. The molecule has 0 saturated carbocycles. The third-order valence-electron chi connectivity index (χ3n) is 4.25. The van der Waals surface area contributed by atoms with Gasteiger partial charge >= 0.3 is 0 Å². The van der Waals surface area contributed by atoms with E-state index in [-0.39, 0.29) is 0 Å². The number of nitrogens with one attached hydrogen (secondary N) is 1. The molecule has 0 radical (unpaired) electrons. The predicted molar refractivity (Wildman–Crippen MR) is 102 cm³/mol. The van der Waals surface area contributed by atoms with Crippen molar-refractivity contribution in [3.8, 4) is 10.4 Å². The quantitative estimate of drug-likeness (QED) is 0.522. The fourth-order valence-corrected chi connectivity index (χ4v) is 3.72. The SMILES string of the molecule is Cc1cccc(Nc2ncnc3sc(-c4ccccc4)cc23)c1C. The van der Waals surface area contributed by atoms with E-state index in [0.717, 1.165) is 21.7 Å². The van der Waals surface area contributed by atoms with Gasteiger partial charge in [-0.15, -0.1) is 11.3 Å². The van der Waals surface area contributed by atoms with Crippen molar-refractivity contribution in [2.75, 3.05) is 5.32 Å². The van der Waals surface area contributed by atoms with Crippen LogP contribution in [0.25, 0.3) is 20.7 Å². The van der Waals surface area contributed by atoms with Crippen LogP contribution < -0.4 is 5.32 Å². The summed E-state index contributed by atoms with van der Waals surface area (Å²) in [6.07, 6.45) is 1.63. The zero-order chi connectivity index (χ0) is 16.5. The Morgan fingerprint density at radius 3 is 2.58 bits per heavy atom. The first-order valence-corrected chi connectivity index (χ1v) is 8.67. The van der Waals surface area contributed by atoms with Crippen LogP contribution in [0.3, 0.4) is 0 Å². The Balaban J connectivity index is 1.79. The third kappa shape index (κ3) is 2.65. The normalized spacial score (nSPS) is 10.9. The molecule has 0 unspecified atom stereocenters.